The number of para-hydroxylation sites is 1. The molecule has 3 nitrogen and oxygen atoms in total. The molecule has 0 saturated carbocycles. The molecule has 0 amide bonds. The topological polar surface area (TPSA) is 34.9 Å². The Labute approximate surface area is 121 Å². The Kier molecular flexibility index (Phi) is 3.36. The molecule has 0 spiro atoms. The molecule has 0 saturated heterocycles. The van der Waals surface area contributed by atoms with Gasteiger partial charge < -0.3 is 0 Å². The summed E-state index contributed by atoms with van der Waals surface area (Å²) < 4.78 is 14.7. The lowest BCUT2D eigenvalue weighted by Gasteiger charge is -2.04. The van der Waals surface area contributed by atoms with Gasteiger partial charge in [0.05, 0.1) is 11.3 Å². The molecule has 104 valence electrons. The van der Waals surface area contributed by atoms with Crippen LogP contribution < -0.4 is 0 Å². The van der Waals surface area contributed by atoms with Crippen LogP contribution in [0.1, 0.15) is 15.9 Å². The van der Waals surface area contributed by atoms with E-state index in [1.54, 1.807) is 23.0 Å². The van der Waals surface area contributed by atoms with E-state index in [1.165, 1.54) is 12.1 Å². The second kappa shape index (κ2) is 5.32. The van der Waals surface area contributed by atoms with Crippen LogP contribution in [0.25, 0.3) is 16.9 Å². The predicted octanol–water partition coefficient (Wildman–Crippen LogP) is 3.80. The number of nitrogens with zero attached hydrogens (tertiary/aromatic N) is 2. The highest BCUT2D eigenvalue weighted by Gasteiger charge is 2.12. The standard InChI is InChI=1S/C17H13FN2O/c1-12-4-2-3-5-16(12)20-10-14(11-21)17(19-20)13-6-8-15(18)9-7-13/h2-11H,1H3. The van der Waals surface area contributed by atoms with Crippen molar-refractivity contribution in [3.05, 3.63) is 71.7 Å². The molecule has 3 rings (SSSR count). The maximum atomic E-state index is 13.0. The first kappa shape index (κ1) is 13.2. The lowest BCUT2D eigenvalue weighted by molar-refractivity contribution is 0.112. The Morgan fingerprint density at radius 3 is 2.48 bits per heavy atom. The van der Waals surface area contributed by atoms with Crippen molar-refractivity contribution in [2.75, 3.05) is 0 Å². The molecule has 0 aliphatic heterocycles. The summed E-state index contributed by atoms with van der Waals surface area (Å²) in [6, 6.07) is 13.7. The largest absolute Gasteiger partial charge is 0.298 e. The first-order valence-electron chi connectivity index (χ1n) is 6.56. The van der Waals surface area contributed by atoms with E-state index in [4.69, 9.17) is 0 Å². The van der Waals surface area contributed by atoms with Crippen molar-refractivity contribution in [1.82, 2.24) is 9.78 Å². The molecule has 0 aliphatic carbocycles. The predicted molar refractivity (Wildman–Crippen MR) is 79.1 cm³/mol. The fourth-order valence-electron chi connectivity index (χ4n) is 2.25. The van der Waals surface area contributed by atoms with Crippen LogP contribution in [0, 0.1) is 12.7 Å². The minimum absolute atomic E-state index is 0.315. The van der Waals surface area contributed by atoms with Crippen molar-refractivity contribution in [3.8, 4) is 16.9 Å². The Morgan fingerprint density at radius 2 is 1.81 bits per heavy atom. The highest BCUT2D eigenvalue weighted by atomic mass is 19.1. The molecule has 0 N–H and O–H groups in total. The van der Waals surface area contributed by atoms with Crippen LogP contribution in [0.2, 0.25) is 0 Å². The summed E-state index contributed by atoms with van der Waals surface area (Å²) in [6.07, 6.45) is 2.45. The maximum absolute atomic E-state index is 13.0. The van der Waals surface area contributed by atoms with Gasteiger partial charge in [-0.1, -0.05) is 18.2 Å². The minimum atomic E-state index is -0.315. The Morgan fingerprint density at radius 1 is 1.10 bits per heavy atom. The van der Waals surface area contributed by atoms with Gasteiger partial charge in [-0.15, -0.1) is 0 Å². The SMILES string of the molecule is Cc1ccccc1-n1cc(C=O)c(-c2ccc(F)cc2)n1. The third kappa shape index (κ3) is 2.48. The van der Waals surface area contributed by atoms with Crippen molar-refractivity contribution in [2.45, 2.75) is 6.92 Å². The van der Waals surface area contributed by atoms with E-state index in [2.05, 4.69) is 5.10 Å². The molecule has 1 aromatic heterocycles. The van der Waals surface area contributed by atoms with Gasteiger partial charge in [0.2, 0.25) is 0 Å². The van der Waals surface area contributed by atoms with Crippen LogP contribution >= 0.6 is 0 Å². The first-order valence-corrected chi connectivity index (χ1v) is 6.56. The van der Waals surface area contributed by atoms with Crippen molar-refractivity contribution in [1.29, 1.82) is 0 Å². The van der Waals surface area contributed by atoms with E-state index in [1.807, 2.05) is 31.2 Å². The Hall–Kier alpha value is -2.75. The van der Waals surface area contributed by atoms with E-state index in [0.717, 1.165) is 17.5 Å². The second-order valence-corrected chi connectivity index (χ2v) is 4.79. The zero-order chi connectivity index (χ0) is 14.8. The lowest BCUT2D eigenvalue weighted by Crippen LogP contribution is -1.97. The van der Waals surface area contributed by atoms with Crippen molar-refractivity contribution < 1.29 is 9.18 Å². The fraction of sp³-hybridized carbons (Fsp3) is 0.0588. The van der Waals surface area contributed by atoms with Gasteiger partial charge >= 0.3 is 0 Å². The smallest absolute Gasteiger partial charge is 0.153 e. The number of aryl methyl sites for hydroxylation is 1. The van der Waals surface area contributed by atoms with Crippen molar-refractivity contribution in [3.63, 3.8) is 0 Å². The third-order valence-electron chi connectivity index (χ3n) is 3.35. The molecule has 2 aromatic carbocycles. The second-order valence-electron chi connectivity index (χ2n) is 4.79. The highest BCUT2D eigenvalue weighted by molar-refractivity contribution is 5.85. The monoisotopic (exact) mass is 280 g/mol. The molecule has 0 aliphatic rings. The van der Waals surface area contributed by atoms with E-state index in [0.29, 0.717) is 16.8 Å². The van der Waals surface area contributed by atoms with Gasteiger partial charge in [-0.05, 0) is 42.8 Å². The summed E-state index contributed by atoms with van der Waals surface area (Å²) in [4.78, 5) is 11.3. The number of hydrogen-bond donors (Lipinski definition) is 0. The molecule has 0 bridgehead atoms. The molecule has 0 fully saturated rings. The van der Waals surface area contributed by atoms with Gasteiger partial charge in [-0.25, -0.2) is 9.07 Å². The number of carbonyl (C=O) groups is 1. The van der Waals surface area contributed by atoms with Crippen molar-refractivity contribution in [2.24, 2.45) is 0 Å². The van der Waals surface area contributed by atoms with Crippen LogP contribution in [-0.4, -0.2) is 16.1 Å². The van der Waals surface area contributed by atoms with Gasteiger partial charge in [0.25, 0.3) is 0 Å². The van der Waals surface area contributed by atoms with Gasteiger partial charge in [0.15, 0.2) is 6.29 Å². The molecule has 21 heavy (non-hydrogen) atoms. The van der Waals surface area contributed by atoms with Crippen LogP contribution in [-0.2, 0) is 0 Å². The number of benzene rings is 2. The third-order valence-corrected chi connectivity index (χ3v) is 3.35. The summed E-state index contributed by atoms with van der Waals surface area (Å²) in [6.45, 7) is 1.98. The number of rotatable bonds is 3. The number of aldehydes is 1. The van der Waals surface area contributed by atoms with E-state index in [9.17, 15) is 9.18 Å². The number of aromatic nitrogens is 2. The van der Waals surface area contributed by atoms with Gasteiger partial charge in [0.1, 0.15) is 11.5 Å². The molecule has 0 unspecified atom stereocenters. The first-order chi connectivity index (χ1) is 10.2. The lowest BCUT2D eigenvalue weighted by atomic mass is 10.1. The zero-order valence-corrected chi connectivity index (χ0v) is 11.5. The van der Waals surface area contributed by atoms with E-state index >= 15 is 0 Å². The summed E-state index contributed by atoms with van der Waals surface area (Å²) in [5.41, 5.74) is 3.71. The summed E-state index contributed by atoms with van der Waals surface area (Å²) in [5.74, 6) is -0.315. The van der Waals surface area contributed by atoms with Crippen LogP contribution in [0.5, 0.6) is 0 Å². The normalized spacial score (nSPS) is 10.6. The Balaban J connectivity index is 2.13. The van der Waals surface area contributed by atoms with Crippen LogP contribution in [0.3, 0.4) is 0 Å². The Bertz CT molecular complexity index is 791. The molecular weight excluding hydrogens is 267 g/mol. The zero-order valence-electron chi connectivity index (χ0n) is 11.5. The quantitative estimate of drug-likeness (QED) is 0.684. The molecule has 1 heterocycles. The maximum Gasteiger partial charge on any atom is 0.153 e. The molecule has 0 radical (unpaired) electrons. The average molecular weight is 280 g/mol. The minimum Gasteiger partial charge on any atom is -0.298 e. The average Bonchev–Trinajstić information content (AvgIpc) is 2.92. The highest BCUT2D eigenvalue weighted by Crippen LogP contribution is 2.23. The summed E-state index contributed by atoms with van der Waals surface area (Å²) in [7, 11) is 0. The number of hydrogen-bond acceptors (Lipinski definition) is 2. The molecule has 4 heteroatoms. The van der Waals surface area contributed by atoms with E-state index < -0.39 is 0 Å². The van der Waals surface area contributed by atoms with E-state index in [-0.39, 0.29) is 5.82 Å². The molecule has 0 atom stereocenters. The fourth-order valence-corrected chi connectivity index (χ4v) is 2.25. The molecule has 3 aromatic rings. The van der Waals surface area contributed by atoms with Gasteiger partial charge in [-0.3, -0.25) is 4.79 Å². The molecular formula is C17H13FN2O. The summed E-state index contributed by atoms with van der Waals surface area (Å²) in [5, 5.41) is 4.47. The van der Waals surface area contributed by atoms with Crippen molar-refractivity contribution >= 4 is 6.29 Å². The van der Waals surface area contributed by atoms with Crippen LogP contribution in [0.4, 0.5) is 4.39 Å². The van der Waals surface area contributed by atoms with Gasteiger partial charge in [-0.2, -0.15) is 5.10 Å². The summed E-state index contributed by atoms with van der Waals surface area (Å²) >= 11 is 0. The number of halogens is 1. The van der Waals surface area contributed by atoms with Crippen LogP contribution in [0.15, 0.2) is 54.7 Å². The number of carbonyl (C=O) groups excluding carboxylic acids is 1. The van der Waals surface area contributed by atoms with Gasteiger partial charge in [0, 0.05) is 11.8 Å².